The van der Waals surface area contributed by atoms with Gasteiger partial charge in [-0.25, -0.2) is 18.4 Å². The van der Waals surface area contributed by atoms with E-state index >= 15 is 8.78 Å². The third-order valence-corrected chi connectivity index (χ3v) is 9.91. The van der Waals surface area contributed by atoms with Gasteiger partial charge < -0.3 is 19.9 Å². The van der Waals surface area contributed by atoms with Gasteiger partial charge in [0.15, 0.2) is 5.82 Å². The molecule has 3 N–H and O–H groups in total. The van der Waals surface area contributed by atoms with Crippen LogP contribution in [0.1, 0.15) is 66.6 Å². The molecule has 0 bridgehead atoms. The number of hydrogen-bond donors (Lipinski definition) is 3. The van der Waals surface area contributed by atoms with Gasteiger partial charge in [-0.05, 0) is 87.7 Å². The van der Waals surface area contributed by atoms with Gasteiger partial charge in [-0.1, -0.05) is 6.07 Å². The number of nitrogens with one attached hydrogen (secondary N) is 2. The molecule has 7 rings (SSSR count). The number of aromatic nitrogens is 3. The van der Waals surface area contributed by atoms with Crippen molar-refractivity contribution in [1.82, 2.24) is 19.0 Å². The summed E-state index contributed by atoms with van der Waals surface area (Å²) in [6, 6.07) is 8.28. The third kappa shape index (κ3) is 6.02. The Morgan fingerprint density at radius 1 is 1.02 bits per heavy atom. The molecule has 0 spiro atoms. The van der Waals surface area contributed by atoms with Crippen LogP contribution >= 0.6 is 0 Å². The summed E-state index contributed by atoms with van der Waals surface area (Å²) in [5, 5.41) is 12.4. The van der Waals surface area contributed by atoms with Crippen LogP contribution in [0.2, 0.25) is 0 Å². The number of fused-ring (bicyclic) bond motifs is 2. The van der Waals surface area contributed by atoms with Crippen LogP contribution in [0.5, 0.6) is 0 Å². The second kappa shape index (κ2) is 12.7. The molecule has 13 heteroatoms. The predicted molar refractivity (Wildman–Crippen MR) is 179 cm³/mol. The second-order valence-corrected chi connectivity index (χ2v) is 13.2. The molecule has 1 unspecified atom stereocenters. The highest BCUT2D eigenvalue weighted by Crippen LogP contribution is 2.40. The van der Waals surface area contributed by atoms with Crippen LogP contribution in [0, 0.1) is 11.6 Å². The second-order valence-electron chi connectivity index (χ2n) is 13.2. The Morgan fingerprint density at radius 3 is 2.52 bits per heavy atom. The van der Waals surface area contributed by atoms with Crippen molar-refractivity contribution in [3.63, 3.8) is 0 Å². The summed E-state index contributed by atoms with van der Waals surface area (Å²) in [6.07, 6.45) is 7.17. The number of anilines is 3. The fourth-order valence-electron chi connectivity index (χ4n) is 7.23. The molecule has 3 aliphatic rings. The standard InChI is InChI=1S/C35H38F2N6O5/c1-20-18-41(32-27(36)16-25-31(30(32)37)43(24-9-10-24)19-26(33(25)45)34(46)47)14-13-40(20)11-2-3-12-42-29(44)17-28(39-35(42)48)38-23-8-7-21-5-4-6-22(21)15-23/h7-8,15-17,19-20,24,38H,2-6,9-14,18H2,1H3,(H,39,48)(H,46,47). The molecular formula is C35H38F2N6O5. The summed E-state index contributed by atoms with van der Waals surface area (Å²) in [4.78, 5) is 56.7. The molecule has 0 amide bonds. The van der Waals surface area contributed by atoms with Crippen LogP contribution < -0.4 is 26.9 Å². The number of aromatic carboxylic acids is 1. The van der Waals surface area contributed by atoms with Crippen LogP contribution in [0.4, 0.5) is 26.0 Å². The quantitative estimate of drug-likeness (QED) is 0.214. The number of aromatic amines is 1. The van der Waals surface area contributed by atoms with Crippen LogP contribution in [-0.2, 0) is 19.4 Å². The first kappa shape index (κ1) is 31.8. The van der Waals surface area contributed by atoms with Crippen molar-refractivity contribution in [1.29, 1.82) is 0 Å². The van der Waals surface area contributed by atoms with E-state index in [1.807, 2.05) is 13.0 Å². The number of pyridine rings is 1. The Balaban J connectivity index is 0.977. The minimum absolute atomic E-state index is 0.0519. The highest BCUT2D eigenvalue weighted by molar-refractivity contribution is 5.94. The lowest BCUT2D eigenvalue weighted by atomic mass is 10.1. The monoisotopic (exact) mass is 660 g/mol. The van der Waals surface area contributed by atoms with Crippen LogP contribution in [-0.4, -0.2) is 62.3 Å². The zero-order valence-electron chi connectivity index (χ0n) is 26.7. The molecule has 2 fully saturated rings. The topological polar surface area (TPSA) is 133 Å². The number of piperazine rings is 1. The van der Waals surface area contributed by atoms with Crippen molar-refractivity contribution in [2.75, 3.05) is 36.4 Å². The predicted octanol–water partition coefficient (Wildman–Crippen LogP) is 4.39. The average molecular weight is 661 g/mol. The van der Waals surface area contributed by atoms with Crippen molar-refractivity contribution < 1.29 is 18.7 Å². The molecule has 1 aliphatic heterocycles. The number of benzene rings is 2. The van der Waals surface area contributed by atoms with E-state index in [0.29, 0.717) is 44.8 Å². The van der Waals surface area contributed by atoms with Crippen molar-refractivity contribution >= 4 is 34.1 Å². The molecule has 2 aromatic heterocycles. The molecule has 1 saturated heterocycles. The average Bonchev–Trinajstić information content (AvgIpc) is 3.78. The fourth-order valence-corrected chi connectivity index (χ4v) is 7.23. The number of nitrogens with zero attached hydrogens (tertiary/aromatic N) is 4. The van der Waals surface area contributed by atoms with E-state index in [9.17, 15) is 24.3 Å². The molecule has 3 heterocycles. The minimum Gasteiger partial charge on any atom is -0.477 e. The molecule has 2 aliphatic carbocycles. The Labute approximate surface area is 274 Å². The number of carboxylic acid groups (broad SMARTS) is 1. The van der Waals surface area contributed by atoms with E-state index in [-0.39, 0.29) is 40.8 Å². The first-order valence-corrected chi connectivity index (χ1v) is 16.6. The summed E-state index contributed by atoms with van der Waals surface area (Å²) in [5.41, 5.74) is 0.937. The number of H-pyrrole nitrogens is 1. The minimum atomic E-state index is -1.43. The SMILES string of the molecule is CC1CN(c2c(F)cc3c(=O)c(C(=O)O)cn(C4CC4)c3c2F)CCN1CCCCn1c(=O)cc(Nc2ccc3c(c2)CCC3)[nH]c1=O. The lowest BCUT2D eigenvalue weighted by Crippen LogP contribution is -2.52. The maximum absolute atomic E-state index is 16.1. The van der Waals surface area contributed by atoms with Crippen LogP contribution in [0.15, 0.2) is 50.9 Å². The largest absolute Gasteiger partial charge is 0.477 e. The zero-order chi connectivity index (χ0) is 33.7. The third-order valence-electron chi connectivity index (χ3n) is 9.91. The maximum Gasteiger partial charge on any atom is 0.341 e. The van der Waals surface area contributed by atoms with Gasteiger partial charge in [0.25, 0.3) is 5.56 Å². The number of carboxylic acids is 1. The lowest BCUT2D eigenvalue weighted by molar-refractivity contribution is 0.0694. The zero-order valence-corrected chi connectivity index (χ0v) is 26.7. The van der Waals surface area contributed by atoms with E-state index in [1.54, 1.807) is 4.90 Å². The van der Waals surface area contributed by atoms with Gasteiger partial charge >= 0.3 is 11.7 Å². The normalized spacial score (nSPS) is 18.0. The first-order chi connectivity index (χ1) is 23.1. The van der Waals surface area contributed by atoms with E-state index in [2.05, 4.69) is 27.3 Å². The van der Waals surface area contributed by atoms with E-state index in [0.717, 1.165) is 43.9 Å². The number of halogens is 2. The van der Waals surface area contributed by atoms with Gasteiger partial charge in [0.2, 0.25) is 5.43 Å². The van der Waals surface area contributed by atoms with Crippen molar-refractivity contribution in [3.8, 4) is 0 Å². The van der Waals surface area contributed by atoms with E-state index in [1.165, 1.54) is 32.5 Å². The van der Waals surface area contributed by atoms with Gasteiger partial charge in [-0.2, -0.15) is 0 Å². The number of aryl methyl sites for hydroxylation is 2. The number of rotatable bonds is 10. The number of unbranched alkanes of at least 4 members (excludes halogenated alkanes) is 1. The summed E-state index contributed by atoms with van der Waals surface area (Å²) in [7, 11) is 0. The molecule has 11 nitrogen and oxygen atoms in total. The molecule has 2 aromatic carbocycles. The van der Waals surface area contributed by atoms with Gasteiger partial charge in [-0.15, -0.1) is 0 Å². The molecule has 1 saturated carbocycles. The Bertz CT molecular complexity index is 2070. The van der Waals surface area contributed by atoms with E-state index in [4.69, 9.17) is 0 Å². The Hall–Kier alpha value is -4.78. The molecule has 0 radical (unpaired) electrons. The lowest BCUT2D eigenvalue weighted by Gasteiger charge is -2.41. The highest BCUT2D eigenvalue weighted by Gasteiger charge is 2.33. The van der Waals surface area contributed by atoms with Crippen LogP contribution in [0.3, 0.4) is 0 Å². The fraction of sp³-hybridized carbons (Fsp3) is 0.429. The van der Waals surface area contributed by atoms with Crippen molar-refractivity contribution in [3.05, 3.63) is 95.9 Å². The molecule has 1 atom stereocenters. The van der Waals surface area contributed by atoms with Gasteiger partial charge in [0, 0.05) is 56.2 Å². The van der Waals surface area contributed by atoms with Gasteiger partial charge in [0.05, 0.1) is 10.9 Å². The summed E-state index contributed by atoms with van der Waals surface area (Å²) >= 11 is 0. The van der Waals surface area contributed by atoms with E-state index < -0.39 is 34.3 Å². The molecule has 4 aromatic rings. The summed E-state index contributed by atoms with van der Waals surface area (Å²) in [5.74, 6) is -2.82. The highest BCUT2D eigenvalue weighted by atomic mass is 19.1. The summed E-state index contributed by atoms with van der Waals surface area (Å²) in [6.45, 7) is 4.16. The smallest absolute Gasteiger partial charge is 0.341 e. The molecule has 48 heavy (non-hydrogen) atoms. The van der Waals surface area contributed by atoms with Crippen molar-refractivity contribution in [2.45, 2.75) is 70.5 Å². The van der Waals surface area contributed by atoms with Gasteiger partial charge in [0.1, 0.15) is 22.9 Å². The number of hydrogen-bond acceptors (Lipinski definition) is 7. The summed E-state index contributed by atoms with van der Waals surface area (Å²) < 4.78 is 34.2. The first-order valence-electron chi connectivity index (χ1n) is 16.6. The van der Waals surface area contributed by atoms with Crippen LogP contribution in [0.25, 0.3) is 10.9 Å². The van der Waals surface area contributed by atoms with Crippen molar-refractivity contribution in [2.24, 2.45) is 0 Å². The van der Waals surface area contributed by atoms with Gasteiger partial charge in [-0.3, -0.25) is 24.0 Å². The Kier molecular flexibility index (Phi) is 8.40. The maximum atomic E-state index is 16.1. The molecular weight excluding hydrogens is 622 g/mol. The molecule has 252 valence electrons. The number of carbonyl (C=O) groups is 1. The Morgan fingerprint density at radius 2 is 1.79 bits per heavy atom.